The average molecular weight is 769 g/mol. The van der Waals surface area contributed by atoms with Gasteiger partial charge in [-0.3, -0.25) is 0 Å². The first kappa shape index (κ1) is 34.1. The zero-order valence-corrected chi connectivity index (χ0v) is 32.5. The van der Waals surface area contributed by atoms with Gasteiger partial charge in [-0.15, -0.1) is 0 Å². The summed E-state index contributed by atoms with van der Waals surface area (Å²) in [6.07, 6.45) is -0.438. The van der Waals surface area contributed by atoms with E-state index in [1.54, 1.807) is 0 Å². The maximum absolute atomic E-state index is 6.50. The van der Waals surface area contributed by atoms with Gasteiger partial charge in [0.2, 0.25) is 0 Å². The Morgan fingerprint density at radius 2 is 1.10 bits per heavy atom. The Labute approximate surface area is 346 Å². The average Bonchev–Trinajstić information content (AvgIpc) is 3.86. The first-order chi connectivity index (χ1) is 29.7. The van der Waals surface area contributed by atoms with E-state index < -0.39 is 6.17 Å². The molecule has 11 aromatic rings. The molecule has 1 atom stereocenters. The Balaban J connectivity index is 1.12. The minimum Gasteiger partial charge on any atom is -0.456 e. The van der Waals surface area contributed by atoms with E-state index in [1.165, 1.54) is 21.5 Å². The van der Waals surface area contributed by atoms with Gasteiger partial charge in [0.1, 0.15) is 23.2 Å². The summed E-state index contributed by atoms with van der Waals surface area (Å²) in [4.78, 5) is 10.7. The lowest BCUT2D eigenvalue weighted by atomic mass is 9.95. The zero-order chi connectivity index (χ0) is 39.6. The van der Waals surface area contributed by atoms with Gasteiger partial charge in [0, 0.05) is 38.2 Å². The number of aromatic nitrogens is 1. The molecule has 12 rings (SSSR count). The Hall–Kier alpha value is -8.02. The van der Waals surface area contributed by atoms with Crippen LogP contribution in [0.2, 0.25) is 0 Å². The molecule has 1 aliphatic heterocycles. The van der Waals surface area contributed by atoms with Gasteiger partial charge in [0.05, 0.1) is 16.7 Å². The van der Waals surface area contributed by atoms with Crippen molar-refractivity contribution in [2.75, 3.05) is 0 Å². The van der Waals surface area contributed by atoms with E-state index in [0.29, 0.717) is 5.84 Å². The summed E-state index contributed by atoms with van der Waals surface area (Å²) in [5, 5.41) is 10.8. The van der Waals surface area contributed by atoms with Crippen molar-refractivity contribution >= 4 is 66.2 Å². The minimum absolute atomic E-state index is 0.438. The van der Waals surface area contributed by atoms with Crippen LogP contribution in [0, 0.1) is 0 Å². The molecule has 60 heavy (non-hydrogen) atoms. The Morgan fingerprint density at radius 3 is 1.93 bits per heavy atom. The van der Waals surface area contributed by atoms with E-state index in [9.17, 15) is 0 Å². The predicted molar refractivity (Wildman–Crippen MR) is 248 cm³/mol. The molecule has 282 valence electrons. The van der Waals surface area contributed by atoms with Crippen LogP contribution < -0.4 is 5.32 Å². The quantitative estimate of drug-likeness (QED) is 0.183. The predicted octanol–water partition coefficient (Wildman–Crippen LogP) is 13.7. The number of benzene rings is 9. The number of fused-ring (bicyclic) bond motifs is 7. The fourth-order valence-corrected chi connectivity index (χ4v) is 9.08. The Bertz CT molecular complexity index is 3520. The number of rotatable bonds is 6. The molecule has 5 heteroatoms. The molecule has 9 aromatic carbocycles. The lowest BCUT2D eigenvalue weighted by Crippen LogP contribution is -2.33. The van der Waals surface area contributed by atoms with Crippen molar-refractivity contribution in [2.24, 2.45) is 9.98 Å². The molecule has 0 spiro atoms. The number of para-hydroxylation sites is 2. The van der Waals surface area contributed by atoms with Gasteiger partial charge >= 0.3 is 0 Å². The Morgan fingerprint density at radius 1 is 0.450 bits per heavy atom. The number of nitrogens with one attached hydrogen (secondary N) is 1. The van der Waals surface area contributed by atoms with Gasteiger partial charge in [-0.25, -0.2) is 9.98 Å². The standard InChI is InChI=1S/C55H36N4O/c1-3-16-35(17-4-1)40-22-9-10-24-43(40)55-57-53(36-18-5-2-6-19-36)56-54(58-55)39-30-31-48(46(33-39)42-26-15-29-51-52(42)44-25-12-14-28-50(44)60-51)59-47-27-13-11-23-41(47)45-32-37-20-7-8-21-38(37)34-49(45)59/h1-34,54H,(H,56,57,58). The normalized spacial score (nSPS) is 14.2. The van der Waals surface area contributed by atoms with Crippen molar-refractivity contribution < 1.29 is 4.42 Å². The third-order valence-electron chi connectivity index (χ3n) is 11.9. The SMILES string of the molecule is c1ccc(C2=NC(c3ccccc3-c3ccccc3)=NC(c3ccc(-n4c5ccccc5c5cc6ccccc6cc54)c(-c4cccc5oc6ccccc6c45)c3)N2)cc1. The van der Waals surface area contributed by atoms with E-state index in [4.69, 9.17) is 14.4 Å². The highest BCUT2D eigenvalue weighted by Gasteiger charge is 2.26. The lowest BCUT2D eigenvalue weighted by molar-refractivity contribution is 0.669. The van der Waals surface area contributed by atoms with Crippen LogP contribution in [-0.2, 0) is 0 Å². The summed E-state index contributed by atoms with van der Waals surface area (Å²) in [6.45, 7) is 0. The maximum Gasteiger partial charge on any atom is 0.160 e. The van der Waals surface area contributed by atoms with E-state index in [-0.39, 0.29) is 0 Å². The Kier molecular flexibility index (Phi) is 7.85. The van der Waals surface area contributed by atoms with Crippen LogP contribution in [0.5, 0.6) is 0 Å². The highest BCUT2D eigenvalue weighted by molar-refractivity contribution is 6.17. The summed E-state index contributed by atoms with van der Waals surface area (Å²) in [6, 6.07) is 72.8. The topological polar surface area (TPSA) is 54.8 Å². The first-order valence-electron chi connectivity index (χ1n) is 20.4. The fraction of sp³-hybridized carbons (Fsp3) is 0.0182. The lowest BCUT2D eigenvalue weighted by Gasteiger charge is -2.25. The molecular weight excluding hydrogens is 733 g/mol. The largest absolute Gasteiger partial charge is 0.456 e. The van der Waals surface area contributed by atoms with Crippen molar-refractivity contribution in [1.82, 2.24) is 9.88 Å². The van der Waals surface area contributed by atoms with E-state index in [1.807, 2.05) is 18.2 Å². The molecular formula is C55H36N4O. The molecule has 1 aliphatic rings. The molecule has 0 fully saturated rings. The molecule has 1 N–H and O–H groups in total. The van der Waals surface area contributed by atoms with Crippen molar-refractivity contribution in [3.63, 3.8) is 0 Å². The first-order valence-corrected chi connectivity index (χ1v) is 20.4. The van der Waals surface area contributed by atoms with Gasteiger partial charge in [0.15, 0.2) is 5.84 Å². The van der Waals surface area contributed by atoms with Gasteiger partial charge in [-0.2, -0.15) is 0 Å². The third kappa shape index (κ3) is 5.55. The molecule has 0 amide bonds. The summed E-state index contributed by atoms with van der Waals surface area (Å²) in [5.74, 6) is 1.45. The van der Waals surface area contributed by atoms with Crippen LogP contribution in [0.15, 0.2) is 221 Å². The van der Waals surface area contributed by atoms with Gasteiger partial charge < -0.3 is 14.3 Å². The van der Waals surface area contributed by atoms with Gasteiger partial charge in [0.25, 0.3) is 0 Å². The molecule has 0 bridgehead atoms. The molecule has 3 heterocycles. The van der Waals surface area contributed by atoms with Crippen LogP contribution >= 0.6 is 0 Å². The molecule has 2 aromatic heterocycles. The van der Waals surface area contributed by atoms with Crippen LogP contribution in [0.1, 0.15) is 22.9 Å². The highest BCUT2D eigenvalue weighted by atomic mass is 16.3. The van der Waals surface area contributed by atoms with Crippen LogP contribution in [0.25, 0.3) is 82.5 Å². The molecule has 5 nitrogen and oxygen atoms in total. The molecule has 0 saturated heterocycles. The van der Waals surface area contributed by atoms with E-state index in [2.05, 4.69) is 198 Å². The summed E-state index contributed by atoms with van der Waals surface area (Å²) in [7, 11) is 0. The van der Waals surface area contributed by atoms with Crippen LogP contribution in [0.4, 0.5) is 0 Å². The maximum atomic E-state index is 6.50. The molecule has 1 unspecified atom stereocenters. The number of hydrogen-bond donors (Lipinski definition) is 1. The molecule has 0 saturated carbocycles. The fourth-order valence-electron chi connectivity index (χ4n) is 9.08. The van der Waals surface area contributed by atoms with E-state index in [0.717, 1.165) is 83.4 Å². The molecule has 0 aliphatic carbocycles. The van der Waals surface area contributed by atoms with Gasteiger partial charge in [-0.05, 0) is 75.5 Å². The number of furan rings is 1. The van der Waals surface area contributed by atoms with Gasteiger partial charge in [-0.1, -0.05) is 164 Å². The van der Waals surface area contributed by atoms with Crippen LogP contribution in [-0.4, -0.2) is 16.2 Å². The van der Waals surface area contributed by atoms with E-state index >= 15 is 0 Å². The van der Waals surface area contributed by atoms with Crippen molar-refractivity contribution in [3.05, 3.63) is 223 Å². The second kappa shape index (κ2) is 13.8. The third-order valence-corrected chi connectivity index (χ3v) is 11.9. The van der Waals surface area contributed by atoms with Crippen LogP contribution in [0.3, 0.4) is 0 Å². The van der Waals surface area contributed by atoms with Crippen molar-refractivity contribution in [1.29, 1.82) is 0 Å². The monoisotopic (exact) mass is 768 g/mol. The summed E-state index contributed by atoms with van der Waals surface area (Å²) < 4.78 is 8.94. The summed E-state index contributed by atoms with van der Waals surface area (Å²) in [5.41, 5.74) is 12.5. The molecule has 0 radical (unpaired) electrons. The zero-order valence-electron chi connectivity index (χ0n) is 32.5. The second-order valence-corrected chi connectivity index (χ2v) is 15.4. The number of aliphatic imine (C=N–C) groups is 2. The number of amidine groups is 2. The number of hydrogen-bond acceptors (Lipinski definition) is 4. The highest BCUT2D eigenvalue weighted by Crippen LogP contribution is 2.43. The minimum atomic E-state index is -0.438. The number of nitrogens with zero attached hydrogens (tertiary/aromatic N) is 3. The van der Waals surface area contributed by atoms with Crippen molar-refractivity contribution in [2.45, 2.75) is 6.17 Å². The smallest absolute Gasteiger partial charge is 0.160 e. The summed E-state index contributed by atoms with van der Waals surface area (Å²) >= 11 is 0. The second-order valence-electron chi connectivity index (χ2n) is 15.4. The van der Waals surface area contributed by atoms with Crippen molar-refractivity contribution in [3.8, 4) is 27.9 Å².